The highest BCUT2D eigenvalue weighted by Gasteiger charge is 2.47. The molecule has 1 spiro atoms. The minimum Gasteiger partial charge on any atom is -0.309 e. The molecule has 2 aliphatic carbocycles. The van der Waals surface area contributed by atoms with Gasteiger partial charge >= 0.3 is 0 Å². The SMILES string of the molecule is CC1CCC2(CC1)CCC2NCc1ccc(Cl)c(Cl)c1. The van der Waals surface area contributed by atoms with Crippen molar-refractivity contribution in [3.8, 4) is 0 Å². The van der Waals surface area contributed by atoms with Crippen LogP contribution in [0, 0.1) is 11.3 Å². The van der Waals surface area contributed by atoms with Crippen LogP contribution in [0.2, 0.25) is 10.0 Å². The summed E-state index contributed by atoms with van der Waals surface area (Å²) >= 11 is 12.0. The first-order valence-corrected chi connectivity index (χ1v) is 8.52. The lowest BCUT2D eigenvalue weighted by Crippen LogP contribution is -2.54. The average molecular weight is 312 g/mol. The van der Waals surface area contributed by atoms with E-state index in [0.29, 0.717) is 21.5 Å². The lowest BCUT2D eigenvalue weighted by atomic mass is 9.56. The van der Waals surface area contributed by atoms with Crippen LogP contribution in [0.25, 0.3) is 0 Å². The predicted octanol–water partition coefficient (Wildman–Crippen LogP) is 5.44. The van der Waals surface area contributed by atoms with E-state index >= 15 is 0 Å². The molecule has 0 heterocycles. The van der Waals surface area contributed by atoms with Crippen LogP contribution in [0.3, 0.4) is 0 Å². The molecule has 0 radical (unpaired) electrons. The summed E-state index contributed by atoms with van der Waals surface area (Å²) in [6.07, 6.45) is 8.38. The Balaban J connectivity index is 1.57. The lowest BCUT2D eigenvalue weighted by Gasteiger charge is -2.53. The maximum atomic E-state index is 6.08. The van der Waals surface area contributed by atoms with E-state index in [1.807, 2.05) is 12.1 Å². The maximum absolute atomic E-state index is 6.08. The normalized spacial score (nSPS) is 33.1. The highest BCUT2D eigenvalue weighted by Crippen LogP contribution is 2.52. The number of rotatable bonds is 3. The quantitative estimate of drug-likeness (QED) is 0.783. The van der Waals surface area contributed by atoms with Crippen molar-refractivity contribution in [1.82, 2.24) is 5.32 Å². The zero-order valence-electron chi connectivity index (χ0n) is 12.1. The lowest BCUT2D eigenvalue weighted by molar-refractivity contribution is 0.00924. The predicted molar refractivity (Wildman–Crippen MR) is 86.4 cm³/mol. The summed E-state index contributed by atoms with van der Waals surface area (Å²) in [4.78, 5) is 0. The topological polar surface area (TPSA) is 12.0 Å². The number of benzene rings is 1. The van der Waals surface area contributed by atoms with Crippen molar-refractivity contribution >= 4 is 23.2 Å². The van der Waals surface area contributed by atoms with E-state index in [0.717, 1.165) is 12.5 Å². The molecule has 2 fully saturated rings. The first-order valence-electron chi connectivity index (χ1n) is 7.76. The first kappa shape index (κ1) is 14.7. The second-order valence-electron chi connectivity index (χ2n) is 6.77. The number of hydrogen-bond donors (Lipinski definition) is 1. The van der Waals surface area contributed by atoms with Crippen molar-refractivity contribution in [1.29, 1.82) is 0 Å². The smallest absolute Gasteiger partial charge is 0.0595 e. The number of hydrogen-bond acceptors (Lipinski definition) is 1. The second-order valence-corrected chi connectivity index (χ2v) is 7.58. The fraction of sp³-hybridized carbons (Fsp3) is 0.647. The molecule has 1 unspecified atom stereocenters. The molecule has 0 bridgehead atoms. The Kier molecular flexibility index (Phi) is 4.31. The van der Waals surface area contributed by atoms with Crippen molar-refractivity contribution in [2.75, 3.05) is 0 Å². The van der Waals surface area contributed by atoms with Crippen LogP contribution in [0.5, 0.6) is 0 Å². The van der Waals surface area contributed by atoms with E-state index in [-0.39, 0.29) is 0 Å². The molecule has 0 amide bonds. The highest BCUT2D eigenvalue weighted by atomic mass is 35.5. The van der Waals surface area contributed by atoms with E-state index < -0.39 is 0 Å². The molecule has 1 aromatic rings. The minimum absolute atomic E-state index is 0.600. The van der Waals surface area contributed by atoms with E-state index in [9.17, 15) is 0 Å². The molecule has 3 heteroatoms. The molecule has 1 aromatic carbocycles. The van der Waals surface area contributed by atoms with Crippen LogP contribution in [0.1, 0.15) is 51.0 Å². The molecule has 20 heavy (non-hydrogen) atoms. The van der Waals surface area contributed by atoms with Gasteiger partial charge in [0.1, 0.15) is 0 Å². The zero-order chi connectivity index (χ0) is 14.2. The monoisotopic (exact) mass is 311 g/mol. The largest absolute Gasteiger partial charge is 0.309 e. The Labute approximate surface area is 132 Å². The van der Waals surface area contributed by atoms with Gasteiger partial charge in [-0.05, 0) is 54.7 Å². The van der Waals surface area contributed by atoms with E-state index in [1.165, 1.54) is 44.1 Å². The Morgan fingerprint density at radius 2 is 1.80 bits per heavy atom. The zero-order valence-corrected chi connectivity index (χ0v) is 13.6. The Morgan fingerprint density at radius 1 is 1.10 bits per heavy atom. The summed E-state index contributed by atoms with van der Waals surface area (Å²) in [5, 5.41) is 5.05. The molecule has 2 saturated carbocycles. The van der Waals surface area contributed by atoms with Crippen LogP contribution in [-0.4, -0.2) is 6.04 Å². The summed E-state index contributed by atoms with van der Waals surface area (Å²) in [7, 11) is 0. The van der Waals surface area contributed by atoms with E-state index in [1.54, 1.807) is 0 Å². The molecule has 1 nitrogen and oxygen atoms in total. The number of nitrogens with one attached hydrogen (secondary N) is 1. The van der Waals surface area contributed by atoms with Gasteiger partial charge in [0, 0.05) is 12.6 Å². The van der Waals surface area contributed by atoms with Gasteiger partial charge < -0.3 is 5.32 Å². The standard InChI is InChI=1S/C17H23Cl2N/c1-12-4-7-17(8-5-12)9-6-16(17)20-11-13-2-3-14(18)15(19)10-13/h2-3,10,12,16,20H,4-9,11H2,1H3. The van der Waals surface area contributed by atoms with Crippen molar-refractivity contribution in [2.24, 2.45) is 11.3 Å². The Hall–Kier alpha value is -0.240. The van der Waals surface area contributed by atoms with Gasteiger partial charge in [0.15, 0.2) is 0 Å². The molecule has 2 aliphatic rings. The highest BCUT2D eigenvalue weighted by molar-refractivity contribution is 6.42. The summed E-state index contributed by atoms with van der Waals surface area (Å²) in [6.45, 7) is 3.29. The summed E-state index contributed by atoms with van der Waals surface area (Å²) < 4.78 is 0. The summed E-state index contributed by atoms with van der Waals surface area (Å²) in [6, 6.07) is 6.63. The van der Waals surface area contributed by atoms with Gasteiger partial charge in [-0.25, -0.2) is 0 Å². The molecular formula is C17H23Cl2N. The minimum atomic E-state index is 0.600. The fourth-order valence-electron chi connectivity index (χ4n) is 3.84. The molecule has 0 aliphatic heterocycles. The third-order valence-corrected chi connectivity index (χ3v) is 6.22. The first-order chi connectivity index (χ1) is 9.59. The third-order valence-electron chi connectivity index (χ3n) is 5.48. The maximum Gasteiger partial charge on any atom is 0.0595 e. The van der Waals surface area contributed by atoms with Gasteiger partial charge in [-0.15, -0.1) is 0 Å². The van der Waals surface area contributed by atoms with Crippen LogP contribution in [0.4, 0.5) is 0 Å². The summed E-state index contributed by atoms with van der Waals surface area (Å²) in [5.74, 6) is 0.928. The van der Waals surface area contributed by atoms with Crippen molar-refractivity contribution in [2.45, 2.75) is 58.0 Å². The van der Waals surface area contributed by atoms with E-state index in [4.69, 9.17) is 23.2 Å². The van der Waals surface area contributed by atoms with Crippen LogP contribution >= 0.6 is 23.2 Å². The molecule has 0 saturated heterocycles. The van der Waals surface area contributed by atoms with Crippen molar-refractivity contribution in [3.63, 3.8) is 0 Å². The van der Waals surface area contributed by atoms with Crippen LogP contribution < -0.4 is 5.32 Å². The van der Waals surface area contributed by atoms with Gasteiger partial charge in [-0.1, -0.05) is 49.0 Å². The van der Waals surface area contributed by atoms with Crippen LogP contribution in [0.15, 0.2) is 18.2 Å². The van der Waals surface area contributed by atoms with Crippen LogP contribution in [-0.2, 0) is 6.54 Å². The molecule has 3 rings (SSSR count). The molecule has 0 aromatic heterocycles. The molecule has 1 atom stereocenters. The van der Waals surface area contributed by atoms with E-state index in [2.05, 4.69) is 18.3 Å². The molecule has 110 valence electrons. The van der Waals surface area contributed by atoms with Gasteiger partial charge in [0.25, 0.3) is 0 Å². The third kappa shape index (κ3) is 2.86. The average Bonchev–Trinajstić information content (AvgIpc) is 2.43. The Morgan fingerprint density at radius 3 is 2.40 bits per heavy atom. The van der Waals surface area contributed by atoms with Crippen molar-refractivity contribution in [3.05, 3.63) is 33.8 Å². The van der Waals surface area contributed by atoms with Gasteiger partial charge in [-0.2, -0.15) is 0 Å². The second kappa shape index (κ2) is 5.87. The Bertz CT molecular complexity index is 478. The van der Waals surface area contributed by atoms with Gasteiger partial charge in [0.05, 0.1) is 10.0 Å². The summed E-state index contributed by atoms with van der Waals surface area (Å²) in [5.41, 5.74) is 1.83. The van der Waals surface area contributed by atoms with Crippen molar-refractivity contribution < 1.29 is 0 Å². The molecule has 1 N–H and O–H groups in total. The fourth-order valence-corrected chi connectivity index (χ4v) is 4.16. The van der Waals surface area contributed by atoms with Gasteiger partial charge in [-0.3, -0.25) is 0 Å². The number of halogens is 2. The molecular weight excluding hydrogens is 289 g/mol. The van der Waals surface area contributed by atoms with Gasteiger partial charge in [0.2, 0.25) is 0 Å².